The number of carbonyl (C=O) groups excluding carboxylic acids is 1. The molecule has 3 aromatic rings. The van der Waals surface area contributed by atoms with Crippen molar-refractivity contribution in [1.29, 1.82) is 0 Å². The summed E-state index contributed by atoms with van der Waals surface area (Å²) >= 11 is 0. The maximum Gasteiger partial charge on any atom is 0.251 e. The summed E-state index contributed by atoms with van der Waals surface area (Å²) in [5.41, 5.74) is 2.82. The smallest absolute Gasteiger partial charge is 0.251 e. The molecule has 1 unspecified atom stereocenters. The first-order chi connectivity index (χ1) is 15.2. The zero-order valence-corrected chi connectivity index (χ0v) is 20.2. The molecule has 8 heteroatoms. The molecule has 0 saturated heterocycles. The Kier molecular flexibility index (Phi) is 8.55. The van der Waals surface area contributed by atoms with Gasteiger partial charge in [-0.05, 0) is 41.5 Å². The van der Waals surface area contributed by atoms with E-state index < -0.39 is 0 Å². The van der Waals surface area contributed by atoms with E-state index in [1.807, 2.05) is 42.5 Å². The van der Waals surface area contributed by atoms with Crippen LogP contribution in [0, 0.1) is 0 Å². The molecular formula is C24H27IN4O3. The summed E-state index contributed by atoms with van der Waals surface area (Å²) in [6.07, 6.45) is 2.55. The van der Waals surface area contributed by atoms with Crippen LogP contribution in [0.15, 0.2) is 76.3 Å². The van der Waals surface area contributed by atoms with Crippen molar-refractivity contribution in [3.8, 4) is 5.75 Å². The second-order valence-electron chi connectivity index (χ2n) is 7.32. The topological polar surface area (TPSA) is 87.9 Å². The monoisotopic (exact) mass is 546 g/mol. The van der Waals surface area contributed by atoms with E-state index in [1.165, 1.54) is 5.56 Å². The Hall–Kier alpha value is -3.01. The minimum atomic E-state index is -0.140. The van der Waals surface area contributed by atoms with E-state index in [0.717, 1.165) is 23.5 Å². The lowest BCUT2D eigenvalue weighted by Crippen LogP contribution is -2.42. The molecule has 0 aliphatic carbocycles. The molecule has 1 amide bonds. The zero-order valence-electron chi connectivity index (χ0n) is 17.8. The molecule has 0 saturated carbocycles. The first kappa shape index (κ1) is 23.6. The lowest BCUT2D eigenvalue weighted by molar-refractivity contribution is 0.0948. The Morgan fingerprint density at radius 3 is 2.69 bits per heavy atom. The van der Waals surface area contributed by atoms with Crippen LogP contribution in [0.3, 0.4) is 0 Å². The molecule has 0 bridgehead atoms. The average Bonchev–Trinajstić information content (AvgIpc) is 3.47. The van der Waals surface area contributed by atoms with Gasteiger partial charge in [0.25, 0.3) is 5.91 Å². The summed E-state index contributed by atoms with van der Waals surface area (Å²) in [5, 5.41) is 9.46. The van der Waals surface area contributed by atoms with Crippen LogP contribution in [0.5, 0.6) is 5.75 Å². The Labute approximate surface area is 204 Å². The number of para-hydroxylation sites is 1. The van der Waals surface area contributed by atoms with Gasteiger partial charge in [-0.2, -0.15) is 0 Å². The Morgan fingerprint density at radius 2 is 1.91 bits per heavy atom. The van der Waals surface area contributed by atoms with E-state index in [1.54, 1.807) is 25.4 Å². The van der Waals surface area contributed by atoms with E-state index in [2.05, 4.69) is 27.0 Å². The minimum absolute atomic E-state index is 0. The molecule has 3 N–H and O–H groups in total. The molecular weight excluding hydrogens is 519 g/mol. The Bertz CT molecular complexity index is 1030. The fourth-order valence-corrected chi connectivity index (χ4v) is 3.49. The molecule has 4 rings (SSSR count). The second kappa shape index (κ2) is 11.6. The highest BCUT2D eigenvalue weighted by Gasteiger charge is 2.22. The molecule has 2 heterocycles. The molecule has 0 spiro atoms. The van der Waals surface area contributed by atoms with E-state index in [0.29, 0.717) is 31.2 Å². The van der Waals surface area contributed by atoms with Crippen LogP contribution < -0.4 is 20.7 Å². The van der Waals surface area contributed by atoms with Crippen molar-refractivity contribution >= 4 is 35.8 Å². The number of hydrogen-bond donors (Lipinski definition) is 3. The summed E-state index contributed by atoms with van der Waals surface area (Å²) < 4.78 is 11.2. The normalized spacial score (nSPS) is 14.7. The van der Waals surface area contributed by atoms with Gasteiger partial charge in [0, 0.05) is 25.6 Å². The van der Waals surface area contributed by atoms with E-state index in [9.17, 15) is 4.79 Å². The lowest BCUT2D eigenvalue weighted by atomic mass is 10.1. The zero-order chi connectivity index (χ0) is 21.5. The number of fused-ring (bicyclic) bond motifs is 1. The summed E-state index contributed by atoms with van der Waals surface area (Å²) in [7, 11) is 1.73. The number of carbonyl (C=O) groups is 1. The molecule has 1 aliphatic rings. The number of nitrogens with one attached hydrogen (secondary N) is 3. The van der Waals surface area contributed by atoms with Crippen LogP contribution >= 0.6 is 24.0 Å². The number of ether oxygens (including phenoxy) is 1. The Morgan fingerprint density at radius 1 is 1.03 bits per heavy atom. The number of halogens is 1. The molecule has 0 radical (unpaired) electrons. The molecule has 1 atom stereocenters. The molecule has 1 aliphatic heterocycles. The van der Waals surface area contributed by atoms with Gasteiger partial charge in [0.15, 0.2) is 5.96 Å². The summed E-state index contributed by atoms with van der Waals surface area (Å²) in [4.78, 5) is 16.7. The van der Waals surface area contributed by atoms with Crippen molar-refractivity contribution in [3.05, 3.63) is 89.4 Å². The first-order valence-corrected chi connectivity index (χ1v) is 10.3. The number of nitrogens with zero attached hydrogens (tertiary/aromatic N) is 1. The second-order valence-corrected chi connectivity index (χ2v) is 7.32. The fourth-order valence-electron chi connectivity index (χ4n) is 3.49. The number of benzene rings is 2. The lowest BCUT2D eigenvalue weighted by Gasteiger charge is -2.16. The van der Waals surface area contributed by atoms with Gasteiger partial charge in [0.2, 0.25) is 0 Å². The predicted molar refractivity (Wildman–Crippen MR) is 134 cm³/mol. The number of furan rings is 1. The van der Waals surface area contributed by atoms with Crippen molar-refractivity contribution in [1.82, 2.24) is 16.0 Å². The van der Waals surface area contributed by atoms with Gasteiger partial charge in [-0.15, -0.1) is 24.0 Å². The van der Waals surface area contributed by atoms with E-state index in [4.69, 9.17) is 9.15 Å². The molecule has 2 aromatic carbocycles. The van der Waals surface area contributed by atoms with Crippen molar-refractivity contribution in [3.63, 3.8) is 0 Å². The van der Waals surface area contributed by atoms with Crippen LogP contribution in [-0.2, 0) is 19.5 Å². The Balaban J connectivity index is 0.00000289. The minimum Gasteiger partial charge on any atom is -0.488 e. The number of aliphatic imine (C=N–C) groups is 1. The van der Waals surface area contributed by atoms with Crippen LogP contribution in [0.4, 0.5) is 0 Å². The fraction of sp³-hybridized carbons (Fsp3) is 0.250. The highest BCUT2D eigenvalue weighted by molar-refractivity contribution is 14.0. The van der Waals surface area contributed by atoms with Crippen LogP contribution in [-0.4, -0.2) is 31.6 Å². The maximum atomic E-state index is 12.4. The van der Waals surface area contributed by atoms with Gasteiger partial charge in [-0.3, -0.25) is 9.79 Å². The molecule has 7 nitrogen and oxygen atoms in total. The standard InChI is InChI=1S/C24H26N4O3.HI/c1-25-24(28-16-21-13-18-7-2-3-10-22(18)31-21)27-14-17-6-4-8-19(12-17)23(29)26-15-20-9-5-11-30-20;/h2-12,21H,13-16H2,1H3,(H,26,29)(H2,25,27,28);1H. The number of rotatable bonds is 7. The average molecular weight is 546 g/mol. The molecule has 0 fully saturated rings. The molecule has 32 heavy (non-hydrogen) atoms. The third-order valence-electron chi connectivity index (χ3n) is 5.09. The first-order valence-electron chi connectivity index (χ1n) is 10.3. The van der Waals surface area contributed by atoms with E-state index in [-0.39, 0.29) is 36.0 Å². The molecule has 1 aromatic heterocycles. The number of guanidine groups is 1. The van der Waals surface area contributed by atoms with Crippen molar-refractivity contribution in [2.45, 2.75) is 25.6 Å². The van der Waals surface area contributed by atoms with Crippen molar-refractivity contribution < 1.29 is 13.9 Å². The van der Waals surface area contributed by atoms with Crippen LogP contribution in [0.2, 0.25) is 0 Å². The van der Waals surface area contributed by atoms with Gasteiger partial charge in [0.05, 0.1) is 19.4 Å². The third-order valence-corrected chi connectivity index (χ3v) is 5.09. The highest BCUT2D eigenvalue weighted by atomic mass is 127. The van der Waals surface area contributed by atoms with Gasteiger partial charge < -0.3 is 25.1 Å². The largest absolute Gasteiger partial charge is 0.488 e. The number of amides is 1. The summed E-state index contributed by atoms with van der Waals surface area (Å²) in [5.74, 6) is 2.22. The molecule has 168 valence electrons. The van der Waals surface area contributed by atoms with Crippen LogP contribution in [0.25, 0.3) is 0 Å². The quantitative estimate of drug-likeness (QED) is 0.240. The SMILES string of the molecule is CN=C(NCc1cccc(C(=O)NCc2ccco2)c1)NCC1Cc2ccccc2O1.I. The maximum absolute atomic E-state index is 12.4. The summed E-state index contributed by atoms with van der Waals surface area (Å²) in [6, 6.07) is 19.3. The third kappa shape index (κ3) is 6.25. The van der Waals surface area contributed by atoms with Crippen molar-refractivity contribution in [2.24, 2.45) is 4.99 Å². The van der Waals surface area contributed by atoms with Gasteiger partial charge in [-0.25, -0.2) is 0 Å². The van der Waals surface area contributed by atoms with Crippen LogP contribution in [0.1, 0.15) is 27.2 Å². The highest BCUT2D eigenvalue weighted by Crippen LogP contribution is 2.27. The van der Waals surface area contributed by atoms with Gasteiger partial charge in [0.1, 0.15) is 17.6 Å². The summed E-state index contributed by atoms with van der Waals surface area (Å²) in [6.45, 7) is 1.56. The van der Waals surface area contributed by atoms with Crippen molar-refractivity contribution in [2.75, 3.05) is 13.6 Å². The predicted octanol–water partition coefficient (Wildman–Crippen LogP) is 3.50. The van der Waals surface area contributed by atoms with Gasteiger partial charge >= 0.3 is 0 Å². The van der Waals surface area contributed by atoms with E-state index >= 15 is 0 Å². The van der Waals surface area contributed by atoms with Gasteiger partial charge in [-0.1, -0.05) is 30.3 Å². The number of hydrogen-bond acceptors (Lipinski definition) is 4.